The van der Waals surface area contributed by atoms with Gasteiger partial charge in [0.15, 0.2) is 0 Å². The predicted octanol–water partition coefficient (Wildman–Crippen LogP) is 0.785. The van der Waals surface area contributed by atoms with Gasteiger partial charge in [-0.3, -0.25) is 0 Å². The van der Waals surface area contributed by atoms with Crippen molar-refractivity contribution in [2.75, 3.05) is 0 Å². The molecule has 0 fully saturated rings. The summed E-state index contributed by atoms with van der Waals surface area (Å²) in [7, 11) is 0. The average molecular weight is 83.1 g/mol. The van der Waals surface area contributed by atoms with Crippen LogP contribution in [0.5, 0.6) is 5.95 Å². The lowest BCUT2D eigenvalue weighted by atomic mass is 10.7. The fourth-order valence-corrected chi connectivity index (χ4v) is 0.238. The van der Waals surface area contributed by atoms with Crippen LogP contribution in [0, 0.1) is 6.07 Å². The molecule has 0 bridgehead atoms. The maximum Gasteiger partial charge on any atom is 0.290 e. The Morgan fingerprint density at radius 2 is 2.67 bits per heavy atom. The van der Waals surface area contributed by atoms with Gasteiger partial charge in [-0.05, 0) is 6.07 Å². The Kier molecular flexibility index (Phi) is 0.572. The molecule has 2 nitrogen and oxygen atoms in total. The van der Waals surface area contributed by atoms with E-state index < -0.39 is 0 Å². The fourth-order valence-electron chi connectivity index (χ4n) is 0.238. The molecule has 0 aliphatic rings. The first-order valence-electron chi connectivity index (χ1n) is 1.54. The van der Waals surface area contributed by atoms with Crippen LogP contribution in [0.4, 0.5) is 0 Å². The molecule has 1 heterocycles. The minimum Gasteiger partial charge on any atom is -0.480 e. The van der Waals surface area contributed by atoms with Gasteiger partial charge in [0, 0.05) is 0 Å². The van der Waals surface area contributed by atoms with Crippen molar-refractivity contribution in [3.05, 3.63) is 18.4 Å². The minimum atomic E-state index is -0.157. The molecule has 1 radical (unpaired) electrons. The van der Waals surface area contributed by atoms with Crippen molar-refractivity contribution >= 4 is 0 Å². The van der Waals surface area contributed by atoms with E-state index in [2.05, 4.69) is 10.5 Å². The molecule has 1 aromatic heterocycles. The molecular weight excluding hydrogens is 80.0 g/mol. The van der Waals surface area contributed by atoms with Crippen LogP contribution >= 0.6 is 0 Å². The highest BCUT2D eigenvalue weighted by molar-refractivity contribution is 4.97. The van der Waals surface area contributed by atoms with Crippen molar-refractivity contribution < 1.29 is 9.52 Å². The van der Waals surface area contributed by atoms with Gasteiger partial charge in [-0.25, -0.2) is 0 Å². The average Bonchev–Trinajstić information content (AvgIpc) is 1.86. The maximum absolute atomic E-state index is 8.25. The van der Waals surface area contributed by atoms with Crippen molar-refractivity contribution in [1.82, 2.24) is 0 Å². The monoisotopic (exact) mass is 83.0 g/mol. The standard InChI is InChI=1S/C4H3O2/c5-4-2-1-3-6-4/h1,3,5H. The van der Waals surface area contributed by atoms with Gasteiger partial charge in [0.2, 0.25) is 0 Å². The van der Waals surface area contributed by atoms with Crippen LogP contribution < -0.4 is 0 Å². The molecular formula is C4H3O2. The van der Waals surface area contributed by atoms with Gasteiger partial charge < -0.3 is 9.52 Å². The lowest BCUT2D eigenvalue weighted by Crippen LogP contribution is -1.41. The number of rotatable bonds is 0. The summed E-state index contributed by atoms with van der Waals surface area (Å²) in [5, 5.41) is 8.25. The van der Waals surface area contributed by atoms with Gasteiger partial charge in [-0.2, -0.15) is 0 Å². The van der Waals surface area contributed by atoms with Crippen LogP contribution in [0.25, 0.3) is 0 Å². The van der Waals surface area contributed by atoms with E-state index in [4.69, 9.17) is 5.11 Å². The van der Waals surface area contributed by atoms with Crippen LogP contribution in [-0.2, 0) is 0 Å². The van der Waals surface area contributed by atoms with Crippen molar-refractivity contribution in [2.24, 2.45) is 0 Å². The predicted molar refractivity (Wildman–Crippen MR) is 19.2 cm³/mol. The highest BCUT2D eigenvalue weighted by Gasteiger charge is 1.80. The molecule has 1 N–H and O–H groups in total. The van der Waals surface area contributed by atoms with E-state index in [1.54, 1.807) is 0 Å². The van der Waals surface area contributed by atoms with E-state index in [0.717, 1.165) is 0 Å². The van der Waals surface area contributed by atoms with Crippen molar-refractivity contribution in [3.8, 4) is 5.95 Å². The van der Waals surface area contributed by atoms with Crippen molar-refractivity contribution in [3.63, 3.8) is 0 Å². The zero-order valence-corrected chi connectivity index (χ0v) is 3.01. The first-order valence-corrected chi connectivity index (χ1v) is 1.54. The SMILES string of the molecule is Oc1[c]cco1. The molecule has 1 rings (SSSR count). The number of hydrogen-bond acceptors (Lipinski definition) is 2. The molecule has 0 atom stereocenters. The molecule has 0 aliphatic carbocycles. The lowest BCUT2D eigenvalue weighted by Gasteiger charge is -1.68. The van der Waals surface area contributed by atoms with E-state index in [1.807, 2.05) is 0 Å². The smallest absolute Gasteiger partial charge is 0.290 e. The summed E-state index contributed by atoms with van der Waals surface area (Å²) in [6, 6.07) is 3.88. The van der Waals surface area contributed by atoms with Crippen LogP contribution in [0.15, 0.2) is 16.7 Å². The summed E-state index contributed by atoms with van der Waals surface area (Å²) < 4.78 is 4.33. The maximum atomic E-state index is 8.25. The van der Waals surface area contributed by atoms with Gasteiger partial charge in [-0.15, -0.1) is 0 Å². The minimum absolute atomic E-state index is 0.157. The summed E-state index contributed by atoms with van der Waals surface area (Å²) in [6.07, 6.45) is 1.36. The Morgan fingerprint density at radius 3 is 2.83 bits per heavy atom. The van der Waals surface area contributed by atoms with E-state index in [0.29, 0.717) is 0 Å². The third kappa shape index (κ3) is 0.360. The summed E-state index contributed by atoms with van der Waals surface area (Å²) >= 11 is 0. The third-order valence-electron chi connectivity index (χ3n) is 0.455. The molecule has 0 saturated carbocycles. The summed E-state index contributed by atoms with van der Waals surface area (Å²) in [5.74, 6) is -0.157. The molecule has 6 heavy (non-hydrogen) atoms. The number of hydrogen-bond donors (Lipinski definition) is 1. The second-order valence-electron chi connectivity index (χ2n) is 0.870. The lowest BCUT2D eigenvalue weighted by molar-refractivity contribution is 0.331. The molecule has 2 heteroatoms. The third-order valence-corrected chi connectivity index (χ3v) is 0.455. The molecule has 0 saturated heterocycles. The fraction of sp³-hybridized carbons (Fsp3) is 0. The summed E-state index contributed by atoms with van der Waals surface area (Å²) in [6.45, 7) is 0. The normalized spacial score (nSPS) is 8.67. The topological polar surface area (TPSA) is 33.4 Å². The molecule has 31 valence electrons. The van der Waals surface area contributed by atoms with E-state index in [9.17, 15) is 0 Å². The van der Waals surface area contributed by atoms with Crippen LogP contribution in [0.1, 0.15) is 0 Å². The Balaban J connectivity index is 3.05. The van der Waals surface area contributed by atoms with Gasteiger partial charge >= 0.3 is 0 Å². The van der Waals surface area contributed by atoms with Crippen molar-refractivity contribution in [1.29, 1.82) is 0 Å². The molecule has 1 aromatic rings. The Morgan fingerprint density at radius 1 is 1.83 bits per heavy atom. The highest BCUT2D eigenvalue weighted by atomic mass is 16.5. The second-order valence-corrected chi connectivity index (χ2v) is 0.870. The molecule has 0 spiro atoms. The Labute approximate surface area is 35.0 Å². The van der Waals surface area contributed by atoms with E-state index >= 15 is 0 Å². The summed E-state index contributed by atoms with van der Waals surface area (Å²) in [5.41, 5.74) is 0. The van der Waals surface area contributed by atoms with Crippen LogP contribution in [-0.4, -0.2) is 5.11 Å². The molecule has 0 aromatic carbocycles. The van der Waals surface area contributed by atoms with Gasteiger partial charge in [0.05, 0.1) is 12.3 Å². The highest BCUT2D eigenvalue weighted by Crippen LogP contribution is 2.03. The van der Waals surface area contributed by atoms with Gasteiger partial charge in [-0.1, -0.05) is 0 Å². The first-order chi connectivity index (χ1) is 2.89. The van der Waals surface area contributed by atoms with Gasteiger partial charge in [0.1, 0.15) is 0 Å². The zero-order chi connectivity index (χ0) is 4.41. The molecule has 0 aliphatic heterocycles. The van der Waals surface area contributed by atoms with Crippen LogP contribution in [0.2, 0.25) is 0 Å². The second kappa shape index (κ2) is 1.05. The largest absolute Gasteiger partial charge is 0.480 e. The van der Waals surface area contributed by atoms with E-state index in [-0.39, 0.29) is 5.95 Å². The quantitative estimate of drug-likeness (QED) is 0.503. The number of aromatic hydroxyl groups is 1. The van der Waals surface area contributed by atoms with Gasteiger partial charge in [0.25, 0.3) is 5.95 Å². The molecule has 0 amide bonds. The first kappa shape index (κ1) is 3.28. The zero-order valence-electron chi connectivity index (χ0n) is 3.01. The Hall–Kier alpha value is -0.920. The summed E-state index contributed by atoms with van der Waals surface area (Å²) in [4.78, 5) is 0. The van der Waals surface area contributed by atoms with Crippen molar-refractivity contribution in [2.45, 2.75) is 0 Å². The van der Waals surface area contributed by atoms with E-state index in [1.165, 1.54) is 12.3 Å². The Bertz CT molecular complexity index is 109. The number of furan rings is 1. The van der Waals surface area contributed by atoms with Crippen LogP contribution in [0.3, 0.4) is 0 Å². The molecule has 0 unspecified atom stereocenters.